The molecule has 1 heterocycles. The minimum Gasteiger partial charge on any atom is -0.268 e. The molecule has 0 bridgehead atoms. The number of nitro groups is 2. The number of rotatable bonds is 5. The van der Waals surface area contributed by atoms with Crippen LogP contribution < -0.4 is 0 Å². The number of nitrogens with zero attached hydrogens (tertiary/aromatic N) is 3. The second kappa shape index (κ2) is 7.38. The van der Waals surface area contributed by atoms with Crippen LogP contribution in [0.4, 0.5) is 16.2 Å². The van der Waals surface area contributed by atoms with E-state index in [0.29, 0.717) is 11.8 Å². The van der Waals surface area contributed by atoms with Crippen LogP contribution in [0.5, 0.6) is 0 Å². The van der Waals surface area contributed by atoms with Crippen LogP contribution in [0.1, 0.15) is 11.1 Å². The Hall–Kier alpha value is -3.53. The first-order valence-electron chi connectivity index (χ1n) is 7.59. The molecular weight excluding hydrogens is 374 g/mol. The fourth-order valence-corrected chi connectivity index (χ4v) is 3.38. The van der Waals surface area contributed by atoms with Crippen LogP contribution in [0.3, 0.4) is 0 Å². The minimum absolute atomic E-state index is 0.0212. The maximum atomic E-state index is 12.6. The lowest BCUT2D eigenvalue weighted by molar-refractivity contribution is -0.385. The zero-order valence-electron chi connectivity index (χ0n) is 13.6. The highest BCUT2D eigenvalue weighted by molar-refractivity contribution is 8.18. The number of benzene rings is 2. The smallest absolute Gasteiger partial charge is 0.268 e. The molecule has 1 fully saturated rings. The summed E-state index contributed by atoms with van der Waals surface area (Å²) in [6.07, 6.45) is 1.28. The normalized spacial score (nSPS) is 15.4. The lowest BCUT2D eigenvalue weighted by atomic mass is 10.1. The molecule has 2 amide bonds. The molecule has 0 saturated carbocycles. The molecule has 0 aromatic heterocycles. The lowest BCUT2D eigenvalue weighted by Crippen LogP contribution is -2.27. The monoisotopic (exact) mass is 385 g/mol. The number of thioether (sulfide) groups is 1. The highest BCUT2D eigenvalue weighted by Crippen LogP contribution is 2.35. The van der Waals surface area contributed by atoms with E-state index in [-0.39, 0.29) is 34.0 Å². The molecule has 0 radical (unpaired) electrons. The van der Waals surface area contributed by atoms with Crippen molar-refractivity contribution in [2.24, 2.45) is 0 Å². The van der Waals surface area contributed by atoms with Crippen LogP contribution in [0, 0.1) is 20.2 Å². The van der Waals surface area contributed by atoms with Gasteiger partial charge in [-0.05, 0) is 23.9 Å². The maximum Gasteiger partial charge on any atom is 0.293 e. The summed E-state index contributed by atoms with van der Waals surface area (Å²) in [5.41, 5.74) is 0.0256. The van der Waals surface area contributed by atoms with E-state index in [1.807, 2.05) is 0 Å². The van der Waals surface area contributed by atoms with E-state index in [4.69, 9.17) is 0 Å². The van der Waals surface area contributed by atoms with E-state index in [1.54, 1.807) is 12.1 Å². The van der Waals surface area contributed by atoms with Crippen molar-refractivity contribution in [1.29, 1.82) is 0 Å². The molecule has 0 aliphatic carbocycles. The quantitative estimate of drug-likeness (QED) is 0.436. The largest absolute Gasteiger partial charge is 0.293 e. The number of amides is 2. The van der Waals surface area contributed by atoms with Crippen molar-refractivity contribution < 1.29 is 19.4 Å². The third-order valence-electron chi connectivity index (χ3n) is 3.81. The van der Waals surface area contributed by atoms with Crippen LogP contribution in [0.25, 0.3) is 6.08 Å². The Morgan fingerprint density at radius 3 is 2.19 bits per heavy atom. The Labute approximate surface area is 156 Å². The van der Waals surface area contributed by atoms with Crippen molar-refractivity contribution in [2.75, 3.05) is 0 Å². The van der Waals surface area contributed by atoms with Gasteiger partial charge in [0, 0.05) is 17.7 Å². The van der Waals surface area contributed by atoms with E-state index in [9.17, 15) is 29.8 Å². The first-order valence-corrected chi connectivity index (χ1v) is 8.41. The molecule has 0 unspecified atom stereocenters. The van der Waals surface area contributed by atoms with Gasteiger partial charge < -0.3 is 0 Å². The maximum absolute atomic E-state index is 12.6. The molecule has 0 atom stereocenters. The van der Waals surface area contributed by atoms with Crippen LogP contribution >= 0.6 is 11.8 Å². The summed E-state index contributed by atoms with van der Waals surface area (Å²) in [7, 11) is 0. The third-order valence-corrected chi connectivity index (χ3v) is 4.72. The highest BCUT2D eigenvalue weighted by atomic mass is 32.2. The standard InChI is InChI=1S/C17H11N3O6S/c21-16-15(9-11-5-1-3-7-13(11)19(23)24)27-17(22)18(16)10-12-6-2-4-8-14(12)20(25)26/h1-9H,10H2/b15-9+. The molecule has 1 saturated heterocycles. The molecule has 0 N–H and O–H groups in total. The zero-order valence-corrected chi connectivity index (χ0v) is 14.4. The average Bonchev–Trinajstić information content (AvgIpc) is 2.90. The Morgan fingerprint density at radius 2 is 1.52 bits per heavy atom. The number of imide groups is 1. The summed E-state index contributed by atoms with van der Waals surface area (Å²) in [5.74, 6) is -0.652. The number of nitro benzene ring substituents is 2. The molecule has 2 aromatic rings. The van der Waals surface area contributed by atoms with Gasteiger partial charge in [-0.1, -0.05) is 30.3 Å². The summed E-state index contributed by atoms with van der Waals surface area (Å²) >= 11 is 0.637. The van der Waals surface area contributed by atoms with Crippen LogP contribution in [-0.4, -0.2) is 25.9 Å². The number of hydrogen-bond donors (Lipinski definition) is 0. The molecule has 1 aliphatic heterocycles. The van der Waals surface area contributed by atoms with Gasteiger partial charge in [0.1, 0.15) is 0 Å². The first kappa shape index (κ1) is 18.3. The number of hydrogen-bond acceptors (Lipinski definition) is 7. The second-order valence-corrected chi connectivity index (χ2v) is 6.46. The fourth-order valence-electron chi connectivity index (χ4n) is 2.55. The van der Waals surface area contributed by atoms with Crippen molar-refractivity contribution >= 4 is 40.4 Å². The Bertz CT molecular complexity index is 1000. The average molecular weight is 385 g/mol. The molecule has 27 heavy (non-hydrogen) atoms. The van der Waals surface area contributed by atoms with E-state index >= 15 is 0 Å². The number of carbonyl (C=O) groups is 2. The van der Waals surface area contributed by atoms with Gasteiger partial charge in [-0.15, -0.1) is 0 Å². The van der Waals surface area contributed by atoms with Crippen molar-refractivity contribution in [2.45, 2.75) is 6.54 Å². The number of carbonyl (C=O) groups excluding carboxylic acids is 2. The second-order valence-electron chi connectivity index (χ2n) is 5.47. The fraction of sp³-hybridized carbons (Fsp3) is 0.0588. The summed E-state index contributed by atoms with van der Waals surface area (Å²) in [5, 5.41) is 21.6. The van der Waals surface area contributed by atoms with Crippen LogP contribution in [0.15, 0.2) is 53.4 Å². The Kier molecular flexibility index (Phi) is 4.99. The van der Waals surface area contributed by atoms with Crippen molar-refractivity contribution in [3.05, 3.63) is 84.8 Å². The van der Waals surface area contributed by atoms with E-state index in [2.05, 4.69) is 0 Å². The SMILES string of the molecule is O=C1S/C(=C/c2ccccc2[N+](=O)[O-])C(=O)N1Cc1ccccc1[N+](=O)[O-]. The summed E-state index contributed by atoms with van der Waals surface area (Å²) in [4.78, 5) is 46.7. The molecule has 10 heteroatoms. The van der Waals surface area contributed by atoms with Gasteiger partial charge in [0.2, 0.25) is 0 Å². The molecule has 3 rings (SSSR count). The summed E-state index contributed by atoms with van der Waals surface area (Å²) in [6.45, 7) is -0.254. The van der Waals surface area contributed by atoms with Crippen molar-refractivity contribution in [1.82, 2.24) is 4.90 Å². The van der Waals surface area contributed by atoms with Crippen molar-refractivity contribution in [3.63, 3.8) is 0 Å². The van der Waals surface area contributed by atoms with Gasteiger partial charge in [0.05, 0.1) is 26.9 Å². The predicted octanol–water partition coefficient (Wildman–Crippen LogP) is 3.74. The van der Waals surface area contributed by atoms with E-state index in [1.165, 1.54) is 42.5 Å². The van der Waals surface area contributed by atoms with Gasteiger partial charge in [-0.3, -0.25) is 34.7 Å². The van der Waals surface area contributed by atoms with Gasteiger partial charge in [-0.25, -0.2) is 0 Å². The van der Waals surface area contributed by atoms with Gasteiger partial charge >= 0.3 is 0 Å². The first-order chi connectivity index (χ1) is 12.9. The Balaban J connectivity index is 1.91. The van der Waals surface area contributed by atoms with Gasteiger partial charge in [0.25, 0.3) is 22.5 Å². The zero-order chi connectivity index (χ0) is 19.6. The lowest BCUT2D eigenvalue weighted by Gasteiger charge is -2.12. The third kappa shape index (κ3) is 3.70. The van der Waals surface area contributed by atoms with Crippen LogP contribution in [0.2, 0.25) is 0 Å². The molecule has 136 valence electrons. The molecule has 1 aliphatic rings. The summed E-state index contributed by atoms with van der Waals surface area (Å²) < 4.78 is 0. The van der Waals surface area contributed by atoms with Gasteiger partial charge in [0.15, 0.2) is 0 Å². The molecular formula is C17H11N3O6S. The topological polar surface area (TPSA) is 124 Å². The highest BCUT2D eigenvalue weighted by Gasteiger charge is 2.36. The van der Waals surface area contributed by atoms with E-state index in [0.717, 1.165) is 4.90 Å². The number of para-hydroxylation sites is 2. The Morgan fingerprint density at radius 1 is 0.926 bits per heavy atom. The minimum atomic E-state index is -0.652. The van der Waals surface area contributed by atoms with Crippen LogP contribution in [-0.2, 0) is 11.3 Å². The van der Waals surface area contributed by atoms with E-state index < -0.39 is 21.0 Å². The molecule has 9 nitrogen and oxygen atoms in total. The molecule has 0 spiro atoms. The summed E-state index contributed by atoms with van der Waals surface area (Å²) in [6, 6.07) is 11.7. The van der Waals surface area contributed by atoms with Gasteiger partial charge in [-0.2, -0.15) is 0 Å². The predicted molar refractivity (Wildman–Crippen MR) is 97.7 cm³/mol. The molecule has 2 aromatic carbocycles. The van der Waals surface area contributed by atoms with Crippen molar-refractivity contribution in [3.8, 4) is 0 Å².